The molecule has 100 valence electrons. The quantitative estimate of drug-likeness (QED) is 0.755. The highest BCUT2D eigenvalue weighted by atomic mass is 79.9. The Balaban J connectivity index is 2.05. The fourth-order valence-corrected chi connectivity index (χ4v) is 3.50. The van der Waals surface area contributed by atoms with Gasteiger partial charge < -0.3 is 9.80 Å². The zero-order valence-electron chi connectivity index (χ0n) is 10.7. The summed E-state index contributed by atoms with van der Waals surface area (Å²) in [6.07, 6.45) is 3.15. The van der Waals surface area contributed by atoms with Crippen LogP contribution in [0.2, 0.25) is 0 Å². The molecule has 2 rings (SSSR count). The average Bonchev–Trinajstić information content (AvgIpc) is 2.55. The molecule has 1 aromatic rings. The molecule has 0 atom stereocenters. The molecular weight excluding hydrogens is 358 g/mol. The van der Waals surface area contributed by atoms with E-state index in [1.54, 1.807) is 0 Å². The SMILES string of the molecule is Cc1cnc(N2CCCN(CCBr)CC2)c(Br)c1. The third-order valence-corrected chi connectivity index (χ3v) is 4.19. The van der Waals surface area contributed by atoms with Crippen molar-refractivity contribution in [2.75, 3.05) is 43.0 Å². The van der Waals surface area contributed by atoms with E-state index in [0.717, 1.165) is 41.8 Å². The largest absolute Gasteiger partial charge is 0.354 e. The topological polar surface area (TPSA) is 19.4 Å². The van der Waals surface area contributed by atoms with Crippen molar-refractivity contribution in [1.29, 1.82) is 0 Å². The van der Waals surface area contributed by atoms with E-state index in [1.807, 2.05) is 6.20 Å². The second-order valence-electron chi connectivity index (χ2n) is 4.69. The van der Waals surface area contributed by atoms with Gasteiger partial charge >= 0.3 is 0 Å². The molecule has 0 amide bonds. The zero-order valence-corrected chi connectivity index (χ0v) is 13.9. The number of aromatic nitrogens is 1. The number of aryl methyl sites for hydroxylation is 1. The zero-order chi connectivity index (χ0) is 13.0. The number of nitrogens with zero attached hydrogens (tertiary/aromatic N) is 3. The van der Waals surface area contributed by atoms with Gasteiger partial charge in [0.2, 0.25) is 0 Å². The molecule has 3 nitrogen and oxygen atoms in total. The van der Waals surface area contributed by atoms with Crippen LogP contribution in [0, 0.1) is 6.92 Å². The molecule has 5 heteroatoms. The first kappa shape index (κ1) is 14.3. The first-order valence-electron chi connectivity index (χ1n) is 6.36. The van der Waals surface area contributed by atoms with Crippen LogP contribution in [0.3, 0.4) is 0 Å². The van der Waals surface area contributed by atoms with Gasteiger partial charge in [-0.3, -0.25) is 0 Å². The second-order valence-corrected chi connectivity index (χ2v) is 6.34. The second kappa shape index (κ2) is 6.87. The lowest BCUT2D eigenvalue weighted by Crippen LogP contribution is -2.32. The monoisotopic (exact) mass is 375 g/mol. The summed E-state index contributed by atoms with van der Waals surface area (Å²) < 4.78 is 1.11. The molecule has 0 aliphatic carbocycles. The van der Waals surface area contributed by atoms with Crippen molar-refractivity contribution in [2.24, 2.45) is 0 Å². The van der Waals surface area contributed by atoms with E-state index in [1.165, 1.54) is 18.5 Å². The lowest BCUT2D eigenvalue weighted by Gasteiger charge is -2.23. The summed E-state index contributed by atoms with van der Waals surface area (Å²) in [5, 5.41) is 1.06. The molecule has 0 spiro atoms. The third-order valence-electron chi connectivity index (χ3n) is 3.25. The standard InChI is InChI=1S/C13H19Br2N3/c1-11-9-12(15)13(16-10-11)18-5-2-4-17(6-3-14)7-8-18/h9-10H,2-8H2,1H3. The minimum Gasteiger partial charge on any atom is -0.354 e. The van der Waals surface area contributed by atoms with Gasteiger partial charge in [-0.2, -0.15) is 0 Å². The smallest absolute Gasteiger partial charge is 0.142 e. The van der Waals surface area contributed by atoms with Crippen LogP contribution in [0.5, 0.6) is 0 Å². The fraction of sp³-hybridized carbons (Fsp3) is 0.615. The molecule has 0 unspecified atom stereocenters. The van der Waals surface area contributed by atoms with Crippen molar-refractivity contribution in [3.8, 4) is 0 Å². The maximum absolute atomic E-state index is 4.57. The van der Waals surface area contributed by atoms with E-state index in [4.69, 9.17) is 0 Å². The predicted molar refractivity (Wildman–Crippen MR) is 83.7 cm³/mol. The molecule has 18 heavy (non-hydrogen) atoms. The van der Waals surface area contributed by atoms with Gasteiger partial charge in [-0.25, -0.2) is 4.98 Å². The first-order valence-corrected chi connectivity index (χ1v) is 8.27. The summed E-state index contributed by atoms with van der Waals surface area (Å²) >= 11 is 7.14. The molecule has 0 N–H and O–H groups in total. The Morgan fingerprint density at radius 3 is 2.83 bits per heavy atom. The van der Waals surface area contributed by atoms with Crippen molar-refractivity contribution in [2.45, 2.75) is 13.3 Å². The minimum atomic E-state index is 1.06. The van der Waals surface area contributed by atoms with E-state index < -0.39 is 0 Å². The van der Waals surface area contributed by atoms with Crippen LogP contribution >= 0.6 is 31.9 Å². The Kier molecular flexibility index (Phi) is 5.45. The Bertz CT molecular complexity index is 398. The van der Waals surface area contributed by atoms with Gasteiger partial charge in [0.15, 0.2) is 0 Å². The van der Waals surface area contributed by atoms with E-state index in [-0.39, 0.29) is 0 Å². The summed E-state index contributed by atoms with van der Waals surface area (Å²) in [5.74, 6) is 1.08. The molecule has 2 heterocycles. The average molecular weight is 377 g/mol. The van der Waals surface area contributed by atoms with E-state index >= 15 is 0 Å². The lowest BCUT2D eigenvalue weighted by molar-refractivity contribution is 0.313. The normalized spacial score (nSPS) is 17.8. The maximum atomic E-state index is 4.57. The Labute approximate surface area is 126 Å². The van der Waals surface area contributed by atoms with Crippen molar-refractivity contribution in [1.82, 2.24) is 9.88 Å². The summed E-state index contributed by atoms with van der Waals surface area (Å²) in [5.41, 5.74) is 1.20. The molecule has 1 aromatic heterocycles. The molecule has 1 aliphatic rings. The van der Waals surface area contributed by atoms with Crippen molar-refractivity contribution < 1.29 is 0 Å². The van der Waals surface area contributed by atoms with Gasteiger partial charge in [0.05, 0.1) is 4.47 Å². The number of pyridine rings is 1. The first-order chi connectivity index (χ1) is 8.70. The molecule has 1 fully saturated rings. The van der Waals surface area contributed by atoms with E-state index in [9.17, 15) is 0 Å². The molecule has 0 radical (unpaired) electrons. The molecule has 0 aromatic carbocycles. The highest BCUT2D eigenvalue weighted by Crippen LogP contribution is 2.25. The van der Waals surface area contributed by atoms with Gasteiger partial charge in [0.1, 0.15) is 5.82 Å². The summed E-state index contributed by atoms with van der Waals surface area (Å²) in [7, 11) is 0. The number of rotatable bonds is 3. The summed E-state index contributed by atoms with van der Waals surface area (Å²) in [6.45, 7) is 7.66. The highest BCUT2D eigenvalue weighted by Gasteiger charge is 2.17. The van der Waals surface area contributed by atoms with Gasteiger partial charge in [0.25, 0.3) is 0 Å². The highest BCUT2D eigenvalue weighted by molar-refractivity contribution is 9.10. The van der Waals surface area contributed by atoms with Crippen LogP contribution < -0.4 is 4.90 Å². The molecular formula is C13H19Br2N3. The van der Waals surface area contributed by atoms with Gasteiger partial charge in [0, 0.05) is 37.7 Å². The van der Waals surface area contributed by atoms with Gasteiger partial charge in [-0.05, 0) is 47.4 Å². The number of hydrogen-bond donors (Lipinski definition) is 0. The van der Waals surface area contributed by atoms with Crippen LogP contribution in [0.25, 0.3) is 0 Å². The number of alkyl halides is 1. The maximum Gasteiger partial charge on any atom is 0.142 e. The number of halogens is 2. The van der Waals surface area contributed by atoms with Crippen molar-refractivity contribution in [3.05, 3.63) is 22.3 Å². The summed E-state index contributed by atoms with van der Waals surface area (Å²) in [4.78, 5) is 9.46. The van der Waals surface area contributed by atoms with Crippen molar-refractivity contribution >= 4 is 37.7 Å². The van der Waals surface area contributed by atoms with Crippen LogP contribution in [-0.4, -0.2) is 47.9 Å². The van der Waals surface area contributed by atoms with Crippen LogP contribution in [-0.2, 0) is 0 Å². The minimum absolute atomic E-state index is 1.06. The van der Waals surface area contributed by atoms with Crippen LogP contribution in [0.1, 0.15) is 12.0 Å². The molecule has 0 bridgehead atoms. The third kappa shape index (κ3) is 3.68. The van der Waals surface area contributed by atoms with Gasteiger partial charge in [-0.1, -0.05) is 15.9 Å². The Morgan fingerprint density at radius 1 is 1.28 bits per heavy atom. The summed E-state index contributed by atoms with van der Waals surface area (Å²) in [6, 6.07) is 2.14. The Hall–Kier alpha value is -0.130. The number of anilines is 1. The Morgan fingerprint density at radius 2 is 2.11 bits per heavy atom. The van der Waals surface area contributed by atoms with Crippen LogP contribution in [0.15, 0.2) is 16.7 Å². The van der Waals surface area contributed by atoms with E-state index in [0.29, 0.717) is 0 Å². The molecule has 1 saturated heterocycles. The lowest BCUT2D eigenvalue weighted by atomic mass is 10.3. The number of hydrogen-bond acceptors (Lipinski definition) is 3. The van der Waals surface area contributed by atoms with Crippen LogP contribution in [0.4, 0.5) is 5.82 Å². The molecule has 0 saturated carbocycles. The van der Waals surface area contributed by atoms with Gasteiger partial charge in [-0.15, -0.1) is 0 Å². The molecule has 1 aliphatic heterocycles. The van der Waals surface area contributed by atoms with Crippen molar-refractivity contribution in [3.63, 3.8) is 0 Å². The fourth-order valence-electron chi connectivity index (χ4n) is 2.28. The van der Waals surface area contributed by atoms with E-state index in [2.05, 4.69) is 59.6 Å². The predicted octanol–water partition coefficient (Wildman–Crippen LogP) is 3.06.